The summed E-state index contributed by atoms with van der Waals surface area (Å²) >= 11 is 0. The van der Waals surface area contributed by atoms with Crippen molar-refractivity contribution < 1.29 is 49.0 Å². The molecule has 0 unspecified atom stereocenters. The summed E-state index contributed by atoms with van der Waals surface area (Å²) in [6, 6.07) is 13.4. The third-order valence-corrected chi connectivity index (χ3v) is 4.82. The number of carboxylic acids is 1. The molecule has 0 aliphatic heterocycles. The Kier molecular flexibility index (Phi) is 13.3. The quantitative estimate of drug-likeness (QED) is 0.304. The number of aliphatic carboxylic acids is 1. The van der Waals surface area contributed by atoms with Gasteiger partial charge in [0, 0.05) is 23.6 Å². The van der Waals surface area contributed by atoms with Crippen molar-refractivity contribution in [3.05, 3.63) is 65.5 Å². The van der Waals surface area contributed by atoms with E-state index in [-0.39, 0.29) is 41.7 Å². The molecule has 0 aliphatic rings. The number of hydrogen-bond donors (Lipinski definition) is 1. The maximum atomic E-state index is 13.7. The standard InChI is InChI=1S/C24H30FNO3.Na/c25-20-15-16-22(27)21(18-20)24(19-12-8-7-9-13-19)26-17-11-6-4-2-1-3-5-10-14-23(28)29;/h7-9,12-13,15-16,18,27H,1-6,10-11,14,17H2,(H,28,29);/q;+1/p-1. The minimum absolute atomic E-state index is 0. The van der Waals surface area contributed by atoms with E-state index in [0.29, 0.717) is 24.2 Å². The minimum Gasteiger partial charge on any atom is -0.550 e. The number of carbonyl (C=O) groups is 1. The van der Waals surface area contributed by atoms with Crippen LogP contribution in [0.15, 0.2) is 53.5 Å². The number of phenolic OH excluding ortho intramolecular Hbond substituents is 1. The summed E-state index contributed by atoms with van der Waals surface area (Å²) in [6.45, 7) is 0.617. The van der Waals surface area contributed by atoms with Gasteiger partial charge in [0.2, 0.25) is 0 Å². The first kappa shape index (κ1) is 26.3. The molecule has 0 saturated carbocycles. The Balaban J connectivity index is 0.00000450. The van der Waals surface area contributed by atoms with Crippen LogP contribution in [0.4, 0.5) is 4.39 Å². The van der Waals surface area contributed by atoms with Crippen molar-refractivity contribution in [2.24, 2.45) is 4.99 Å². The summed E-state index contributed by atoms with van der Waals surface area (Å²) in [5, 5.41) is 20.5. The third kappa shape index (κ3) is 9.88. The molecule has 4 nitrogen and oxygen atoms in total. The van der Waals surface area contributed by atoms with E-state index in [9.17, 15) is 19.4 Å². The van der Waals surface area contributed by atoms with E-state index >= 15 is 0 Å². The molecule has 30 heavy (non-hydrogen) atoms. The van der Waals surface area contributed by atoms with Gasteiger partial charge in [-0.05, 0) is 37.5 Å². The van der Waals surface area contributed by atoms with Crippen LogP contribution in [0.2, 0.25) is 0 Å². The maximum Gasteiger partial charge on any atom is 1.00 e. The molecule has 6 heteroatoms. The van der Waals surface area contributed by atoms with Gasteiger partial charge in [-0.2, -0.15) is 0 Å². The number of halogens is 1. The number of unbranched alkanes of at least 4 members (excludes halogenated alkanes) is 7. The smallest absolute Gasteiger partial charge is 0.550 e. The van der Waals surface area contributed by atoms with Gasteiger partial charge in [-0.15, -0.1) is 0 Å². The number of carbonyl (C=O) groups excluding carboxylic acids is 1. The molecule has 0 bridgehead atoms. The van der Waals surface area contributed by atoms with Crippen molar-refractivity contribution in [3.8, 4) is 5.75 Å². The SMILES string of the molecule is O=C([O-])CCCCCCCCCCN=C(c1ccccc1)c1cc(F)ccc1O.[Na+]. The summed E-state index contributed by atoms with van der Waals surface area (Å²) in [6.07, 6.45) is 8.19. The number of benzene rings is 2. The van der Waals surface area contributed by atoms with Crippen molar-refractivity contribution in [3.63, 3.8) is 0 Å². The van der Waals surface area contributed by atoms with Gasteiger partial charge in [-0.1, -0.05) is 68.9 Å². The van der Waals surface area contributed by atoms with Crippen LogP contribution < -0.4 is 34.7 Å². The van der Waals surface area contributed by atoms with E-state index in [1.807, 2.05) is 30.3 Å². The number of aliphatic imine (C=N–C) groups is 1. The van der Waals surface area contributed by atoms with Crippen LogP contribution in [0.25, 0.3) is 0 Å². The Bertz CT molecular complexity index is 796. The van der Waals surface area contributed by atoms with Crippen molar-refractivity contribution in [1.82, 2.24) is 0 Å². The van der Waals surface area contributed by atoms with Gasteiger partial charge in [-0.3, -0.25) is 4.99 Å². The van der Waals surface area contributed by atoms with Crippen LogP contribution in [0, 0.1) is 5.82 Å². The first-order valence-corrected chi connectivity index (χ1v) is 10.4. The van der Waals surface area contributed by atoms with E-state index in [2.05, 4.69) is 4.99 Å². The van der Waals surface area contributed by atoms with Crippen molar-refractivity contribution in [2.75, 3.05) is 6.54 Å². The van der Waals surface area contributed by atoms with Gasteiger partial charge in [0.1, 0.15) is 11.6 Å². The van der Waals surface area contributed by atoms with Crippen LogP contribution in [-0.4, -0.2) is 23.3 Å². The predicted octanol–water partition coefficient (Wildman–Crippen LogP) is 1.63. The van der Waals surface area contributed by atoms with Crippen molar-refractivity contribution in [1.29, 1.82) is 0 Å². The van der Waals surface area contributed by atoms with Gasteiger partial charge in [0.05, 0.1) is 5.71 Å². The number of carboxylic acid groups (broad SMARTS) is 1. The zero-order chi connectivity index (χ0) is 20.9. The Hall–Kier alpha value is -1.69. The fraction of sp³-hybridized carbons (Fsp3) is 0.417. The fourth-order valence-corrected chi connectivity index (χ4v) is 3.26. The summed E-state index contributed by atoms with van der Waals surface area (Å²) in [5.41, 5.74) is 1.87. The minimum atomic E-state index is -0.966. The second-order valence-corrected chi connectivity index (χ2v) is 7.21. The summed E-state index contributed by atoms with van der Waals surface area (Å²) < 4.78 is 13.7. The monoisotopic (exact) mass is 421 g/mol. The van der Waals surface area contributed by atoms with Gasteiger partial charge in [-0.25, -0.2) is 4.39 Å². The van der Waals surface area contributed by atoms with Crippen LogP contribution in [-0.2, 0) is 4.79 Å². The maximum absolute atomic E-state index is 13.7. The van der Waals surface area contributed by atoms with E-state index < -0.39 is 11.8 Å². The van der Waals surface area contributed by atoms with E-state index in [1.54, 1.807) is 0 Å². The average Bonchev–Trinajstić information content (AvgIpc) is 2.71. The molecule has 0 aliphatic carbocycles. The molecule has 0 amide bonds. The molecular weight excluding hydrogens is 392 g/mol. The number of rotatable bonds is 13. The summed E-state index contributed by atoms with van der Waals surface area (Å²) in [4.78, 5) is 15.0. The number of phenols is 1. The molecule has 0 spiro atoms. The fourth-order valence-electron chi connectivity index (χ4n) is 3.26. The third-order valence-electron chi connectivity index (χ3n) is 4.82. The second kappa shape index (κ2) is 15.2. The van der Waals surface area contributed by atoms with Gasteiger partial charge in [0.25, 0.3) is 0 Å². The summed E-state index contributed by atoms with van der Waals surface area (Å²) in [5.74, 6) is -1.35. The van der Waals surface area contributed by atoms with Gasteiger partial charge in [0.15, 0.2) is 0 Å². The molecule has 2 aromatic carbocycles. The number of hydrogen-bond acceptors (Lipinski definition) is 4. The molecule has 0 fully saturated rings. The molecule has 2 rings (SSSR count). The van der Waals surface area contributed by atoms with Crippen LogP contribution in [0.1, 0.15) is 68.9 Å². The van der Waals surface area contributed by atoms with E-state index in [0.717, 1.165) is 50.5 Å². The van der Waals surface area contributed by atoms with E-state index in [1.165, 1.54) is 18.2 Å². The normalized spacial score (nSPS) is 11.2. The number of nitrogens with zero attached hydrogens (tertiary/aromatic N) is 1. The largest absolute Gasteiger partial charge is 1.00 e. The topological polar surface area (TPSA) is 72.7 Å². The Morgan fingerprint density at radius 3 is 2.13 bits per heavy atom. The first-order valence-electron chi connectivity index (χ1n) is 10.4. The van der Waals surface area contributed by atoms with Gasteiger partial charge >= 0.3 is 29.6 Å². The number of aromatic hydroxyl groups is 1. The average molecular weight is 421 g/mol. The molecular formula is C24H29FNNaO3. The Morgan fingerprint density at radius 1 is 0.900 bits per heavy atom. The van der Waals surface area contributed by atoms with Crippen molar-refractivity contribution >= 4 is 11.7 Å². The zero-order valence-corrected chi connectivity index (χ0v) is 19.8. The van der Waals surface area contributed by atoms with E-state index in [4.69, 9.17) is 0 Å². The van der Waals surface area contributed by atoms with Crippen molar-refractivity contribution in [2.45, 2.75) is 57.8 Å². The molecule has 1 N–H and O–H groups in total. The molecule has 2 aromatic rings. The Labute approximate surface area is 200 Å². The zero-order valence-electron chi connectivity index (χ0n) is 17.8. The Morgan fingerprint density at radius 2 is 1.50 bits per heavy atom. The predicted molar refractivity (Wildman–Crippen MR) is 112 cm³/mol. The summed E-state index contributed by atoms with van der Waals surface area (Å²) in [7, 11) is 0. The molecule has 156 valence electrons. The molecule has 0 aromatic heterocycles. The molecule has 0 radical (unpaired) electrons. The molecule has 0 heterocycles. The van der Waals surface area contributed by atoms with Crippen LogP contribution in [0.5, 0.6) is 5.75 Å². The first-order chi connectivity index (χ1) is 14.1. The second-order valence-electron chi connectivity index (χ2n) is 7.21. The van der Waals surface area contributed by atoms with Crippen LogP contribution in [0.3, 0.4) is 0 Å². The molecule has 0 saturated heterocycles. The van der Waals surface area contributed by atoms with Gasteiger partial charge < -0.3 is 15.0 Å². The molecule has 0 atom stereocenters. The van der Waals surface area contributed by atoms with Crippen LogP contribution >= 0.6 is 0 Å².